The molecule has 2 heterocycles. The maximum Gasteiger partial charge on any atom is 0.256 e. The van der Waals surface area contributed by atoms with Crippen LogP contribution in [0.15, 0.2) is 53.9 Å². The number of aromatic nitrogens is 1. The van der Waals surface area contributed by atoms with E-state index in [-0.39, 0.29) is 5.91 Å². The Hall–Kier alpha value is -2.69. The molecule has 2 aromatic carbocycles. The number of amides is 1. The summed E-state index contributed by atoms with van der Waals surface area (Å²) < 4.78 is 0. The first kappa shape index (κ1) is 18.7. The lowest BCUT2D eigenvalue weighted by molar-refractivity contribution is 0.102. The first-order chi connectivity index (χ1) is 13.4. The molecule has 5 heteroatoms. The number of hydrogen-bond acceptors (Lipinski definition) is 3. The number of pyridine rings is 1. The molecule has 0 saturated heterocycles. The van der Waals surface area contributed by atoms with Crippen LogP contribution in [0.2, 0.25) is 5.02 Å². The second-order valence-corrected chi connectivity index (χ2v) is 8.23. The van der Waals surface area contributed by atoms with E-state index in [0.717, 1.165) is 43.9 Å². The van der Waals surface area contributed by atoms with E-state index < -0.39 is 0 Å². The van der Waals surface area contributed by atoms with Crippen LogP contribution in [-0.2, 0) is 0 Å². The van der Waals surface area contributed by atoms with Gasteiger partial charge in [-0.05, 0) is 67.1 Å². The number of anilines is 1. The first-order valence-corrected chi connectivity index (χ1v) is 10.2. The molecular formula is C23H19ClN2OS. The summed E-state index contributed by atoms with van der Waals surface area (Å²) >= 11 is 7.92. The van der Waals surface area contributed by atoms with Crippen molar-refractivity contribution in [2.45, 2.75) is 20.8 Å². The van der Waals surface area contributed by atoms with Gasteiger partial charge in [0.15, 0.2) is 0 Å². The maximum absolute atomic E-state index is 13.2. The number of aryl methyl sites for hydroxylation is 3. The average Bonchev–Trinajstić information content (AvgIpc) is 3.22. The van der Waals surface area contributed by atoms with Gasteiger partial charge in [0.25, 0.3) is 5.91 Å². The zero-order valence-electron chi connectivity index (χ0n) is 15.8. The number of nitrogens with one attached hydrogen (secondary N) is 1. The van der Waals surface area contributed by atoms with Gasteiger partial charge < -0.3 is 5.32 Å². The van der Waals surface area contributed by atoms with Crippen molar-refractivity contribution in [3.8, 4) is 10.6 Å². The SMILES string of the molecule is Cc1ccc(C)c(NC(=O)c2cc(-c3cccs3)nc3c(C)c(Cl)ccc23)c1. The number of benzene rings is 2. The monoisotopic (exact) mass is 406 g/mol. The molecule has 3 nitrogen and oxygen atoms in total. The summed E-state index contributed by atoms with van der Waals surface area (Å²) in [6, 6.07) is 15.6. The number of nitrogens with zero attached hydrogens (tertiary/aromatic N) is 1. The van der Waals surface area contributed by atoms with Crippen molar-refractivity contribution < 1.29 is 4.79 Å². The van der Waals surface area contributed by atoms with Crippen molar-refractivity contribution in [1.82, 2.24) is 4.98 Å². The highest BCUT2D eigenvalue weighted by molar-refractivity contribution is 7.13. The molecule has 1 amide bonds. The van der Waals surface area contributed by atoms with Gasteiger partial charge in [-0.3, -0.25) is 4.79 Å². The molecule has 1 N–H and O–H groups in total. The third kappa shape index (κ3) is 3.41. The van der Waals surface area contributed by atoms with E-state index in [0.29, 0.717) is 10.6 Å². The minimum absolute atomic E-state index is 0.152. The highest BCUT2D eigenvalue weighted by Gasteiger charge is 2.17. The topological polar surface area (TPSA) is 42.0 Å². The van der Waals surface area contributed by atoms with Gasteiger partial charge in [0.05, 0.1) is 21.7 Å². The average molecular weight is 407 g/mol. The number of carbonyl (C=O) groups excluding carboxylic acids is 1. The van der Waals surface area contributed by atoms with Crippen LogP contribution in [0.4, 0.5) is 5.69 Å². The fourth-order valence-corrected chi connectivity index (χ4v) is 4.04. The number of halogens is 1. The smallest absolute Gasteiger partial charge is 0.256 e. The maximum atomic E-state index is 13.2. The van der Waals surface area contributed by atoms with Gasteiger partial charge in [0.2, 0.25) is 0 Å². The highest BCUT2D eigenvalue weighted by atomic mass is 35.5. The Kier molecular flexibility index (Phi) is 4.92. The molecule has 0 saturated carbocycles. The van der Waals surface area contributed by atoms with Gasteiger partial charge in [0, 0.05) is 16.1 Å². The Morgan fingerprint density at radius 2 is 1.89 bits per heavy atom. The third-order valence-corrected chi connectivity index (χ3v) is 6.13. The summed E-state index contributed by atoms with van der Waals surface area (Å²) in [7, 11) is 0. The van der Waals surface area contributed by atoms with E-state index in [1.54, 1.807) is 11.3 Å². The summed E-state index contributed by atoms with van der Waals surface area (Å²) in [5.41, 5.74) is 5.94. The van der Waals surface area contributed by atoms with Crippen molar-refractivity contribution in [1.29, 1.82) is 0 Å². The van der Waals surface area contributed by atoms with E-state index in [1.807, 2.05) is 74.7 Å². The molecule has 0 aliphatic rings. The van der Waals surface area contributed by atoms with Crippen LogP contribution in [-0.4, -0.2) is 10.9 Å². The molecule has 0 aliphatic heterocycles. The second-order valence-electron chi connectivity index (χ2n) is 6.87. The van der Waals surface area contributed by atoms with Gasteiger partial charge in [-0.1, -0.05) is 35.9 Å². The normalized spacial score (nSPS) is 11.0. The van der Waals surface area contributed by atoms with Crippen molar-refractivity contribution in [2.24, 2.45) is 0 Å². The van der Waals surface area contributed by atoms with Gasteiger partial charge in [0.1, 0.15) is 0 Å². The molecule has 0 radical (unpaired) electrons. The number of hydrogen-bond donors (Lipinski definition) is 1. The summed E-state index contributed by atoms with van der Waals surface area (Å²) in [6.07, 6.45) is 0. The van der Waals surface area contributed by atoms with Gasteiger partial charge >= 0.3 is 0 Å². The van der Waals surface area contributed by atoms with Gasteiger partial charge in [-0.2, -0.15) is 0 Å². The number of fused-ring (bicyclic) bond motifs is 1. The molecule has 0 aliphatic carbocycles. The summed E-state index contributed by atoms with van der Waals surface area (Å²) in [5.74, 6) is -0.152. The predicted molar refractivity (Wildman–Crippen MR) is 119 cm³/mol. The molecule has 0 fully saturated rings. The zero-order chi connectivity index (χ0) is 19.8. The minimum atomic E-state index is -0.152. The van der Waals surface area contributed by atoms with Crippen LogP contribution in [0.1, 0.15) is 27.0 Å². The highest BCUT2D eigenvalue weighted by Crippen LogP contribution is 2.32. The molecule has 0 bridgehead atoms. The molecule has 0 spiro atoms. The number of thiophene rings is 1. The van der Waals surface area contributed by atoms with Crippen LogP contribution >= 0.6 is 22.9 Å². The molecule has 4 rings (SSSR count). The summed E-state index contributed by atoms with van der Waals surface area (Å²) in [6.45, 7) is 5.93. The fraction of sp³-hybridized carbons (Fsp3) is 0.130. The lowest BCUT2D eigenvalue weighted by Crippen LogP contribution is -2.14. The molecule has 0 atom stereocenters. The predicted octanol–water partition coefficient (Wildman–Crippen LogP) is 6.79. The Labute approximate surface area is 173 Å². The van der Waals surface area contributed by atoms with E-state index in [1.165, 1.54) is 0 Å². The van der Waals surface area contributed by atoms with Crippen molar-refractivity contribution >= 4 is 45.4 Å². The Balaban J connectivity index is 1.88. The largest absolute Gasteiger partial charge is 0.322 e. The Morgan fingerprint density at radius 1 is 1.07 bits per heavy atom. The van der Waals surface area contributed by atoms with Crippen LogP contribution in [0, 0.1) is 20.8 Å². The Morgan fingerprint density at radius 3 is 2.64 bits per heavy atom. The number of rotatable bonds is 3. The first-order valence-electron chi connectivity index (χ1n) is 8.96. The van der Waals surface area contributed by atoms with Gasteiger partial charge in [-0.25, -0.2) is 4.98 Å². The second kappa shape index (κ2) is 7.38. The van der Waals surface area contributed by atoms with Crippen LogP contribution in [0.5, 0.6) is 0 Å². The standard InChI is InChI=1S/C23H19ClN2OS/c1-13-6-7-14(2)19(11-13)26-23(27)17-12-20(21-5-4-10-28-21)25-22-15(3)18(24)9-8-16(17)22/h4-12H,1-3H3,(H,26,27). The van der Waals surface area contributed by atoms with Crippen molar-refractivity contribution in [2.75, 3.05) is 5.32 Å². The Bertz CT molecular complexity index is 1200. The number of carbonyl (C=O) groups is 1. The molecule has 28 heavy (non-hydrogen) atoms. The minimum Gasteiger partial charge on any atom is -0.322 e. The van der Waals surface area contributed by atoms with Crippen molar-refractivity contribution in [3.05, 3.63) is 81.2 Å². The third-order valence-electron chi connectivity index (χ3n) is 4.83. The van der Waals surface area contributed by atoms with E-state index >= 15 is 0 Å². The lowest BCUT2D eigenvalue weighted by Gasteiger charge is -2.13. The van der Waals surface area contributed by atoms with Crippen LogP contribution in [0.3, 0.4) is 0 Å². The van der Waals surface area contributed by atoms with Crippen LogP contribution in [0.25, 0.3) is 21.5 Å². The molecule has 4 aromatic rings. The molecule has 140 valence electrons. The molecule has 2 aromatic heterocycles. The van der Waals surface area contributed by atoms with Crippen LogP contribution < -0.4 is 5.32 Å². The van der Waals surface area contributed by atoms with E-state index in [9.17, 15) is 4.79 Å². The summed E-state index contributed by atoms with van der Waals surface area (Å²) in [4.78, 5) is 19.1. The quantitative estimate of drug-likeness (QED) is 0.406. The summed E-state index contributed by atoms with van der Waals surface area (Å²) in [5, 5.41) is 6.51. The lowest BCUT2D eigenvalue weighted by atomic mass is 10.0. The zero-order valence-corrected chi connectivity index (χ0v) is 17.4. The van der Waals surface area contributed by atoms with E-state index in [4.69, 9.17) is 16.6 Å². The van der Waals surface area contributed by atoms with Gasteiger partial charge in [-0.15, -0.1) is 11.3 Å². The fourth-order valence-electron chi connectivity index (χ4n) is 3.20. The molecular weight excluding hydrogens is 388 g/mol. The van der Waals surface area contributed by atoms with Crippen molar-refractivity contribution in [3.63, 3.8) is 0 Å². The molecule has 0 unspecified atom stereocenters. The van der Waals surface area contributed by atoms with E-state index in [2.05, 4.69) is 5.32 Å².